The van der Waals surface area contributed by atoms with Gasteiger partial charge in [0.05, 0.1) is 17.8 Å². The Balaban J connectivity index is 1.95. The molecule has 8 heteroatoms. The summed E-state index contributed by atoms with van der Waals surface area (Å²) in [5.74, 6) is 0. The number of thioether (sulfide) groups is 1. The van der Waals surface area contributed by atoms with Crippen molar-refractivity contribution in [2.75, 3.05) is 16.8 Å². The zero-order chi connectivity index (χ0) is 18.7. The molecule has 0 aromatic heterocycles. The molecule has 0 unspecified atom stereocenters. The van der Waals surface area contributed by atoms with E-state index in [9.17, 15) is 18.0 Å². The van der Waals surface area contributed by atoms with Crippen LogP contribution in [-0.2, 0) is 6.18 Å². The minimum atomic E-state index is -4.49. The van der Waals surface area contributed by atoms with Gasteiger partial charge in [0.25, 0.3) is 0 Å². The lowest BCUT2D eigenvalue weighted by atomic mass is 10.2. The van der Waals surface area contributed by atoms with Crippen molar-refractivity contribution in [1.82, 2.24) is 0 Å². The lowest BCUT2D eigenvalue weighted by Crippen LogP contribution is -2.38. The van der Waals surface area contributed by atoms with E-state index < -0.39 is 17.8 Å². The summed E-state index contributed by atoms with van der Waals surface area (Å²) in [6.45, 7) is 2.45. The van der Waals surface area contributed by atoms with E-state index in [1.165, 1.54) is 28.8 Å². The van der Waals surface area contributed by atoms with Gasteiger partial charge in [-0.25, -0.2) is 9.69 Å². The van der Waals surface area contributed by atoms with E-state index in [0.29, 0.717) is 17.4 Å². The molecule has 2 aromatic rings. The molecular formula is C18H16F3N3OS. The Morgan fingerprint density at radius 1 is 1.19 bits per heavy atom. The number of halogens is 3. The summed E-state index contributed by atoms with van der Waals surface area (Å²) in [5.41, 5.74) is -0.149. The van der Waals surface area contributed by atoms with Gasteiger partial charge in [-0.15, -0.1) is 0 Å². The first-order valence-electron chi connectivity index (χ1n) is 7.89. The standard InChI is InChI=1S/C18H16F3N3OS/c1-12-11-22-17(26-12)24(16(25)23-14-7-3-2-4-8-14)15-9-5-6-13(10-15)18(19,20)21/h2-10,12H,11H2,1H3,(H,23,25)/t12-/m0/s1. The first kappa shape index (κ1) is 18.3. The van der Waals surface area contributed by atoms with Crippen molar-refractivity contribution in [3.63, 3.8) is 0 Å². The number of para-hydroxylation sites is 1. The molecule has 1 N–H and O–H groups in total. The topological polar surface area (TPSA) is 44.7 Å². The van der Waals surface area contributed by atoms with Gasteiger partial charge in [0, 0.05) is 10.9 Å². The van der Waals surface area contributed by atoms with Crippen molar-refractivity contribution < 1.29 is 18.0 Å². The van der Waals surface area contributed by atoms with E-state index >= 15 is 0 Å². The first-order chi connectivity index (χ1) is 12.3. The van der Waals surface area contributed by atoms with E-state index in [2.05, 4.69) is 10.3 Å². The third kappa shape index (κ3) is 4.19. The van der Waals surface area contributed by atoms with Gasteiger partial charge < -0.3 is 5.32 Å². The molecule has 2 aromatic carbocycles. The zero-order valence-corrected chi connectivity index (χ0v) is 14.6. The Morgan fingerprint density at radius 3 is 2.54 bits per heavy atom. The summed E-state index contributed by atoms with van der Waals surface area (Å²) < 4.78 is 39.2. The fourth-order valence-corrected chi connectivity index (χ4v) is 3.37. The number of urea groups is 1. The maximum atomic E-state index is 13.1. The Hall–Kier alpha value is -2.48. The molecule has 0 aliphatic carbocycles. The lowest BCUT2D eigenvalue weighted by Gasteiger charge is -2.23. The van der Waals surface area contributed by atoms with Crippen molar-refractivity contribution in [1.29, 1.82) is 0 Å². The van der Waals surface area contributed by atoms with Crippen LogP contribution in [0.2, 0.25) is 0 Å². The molecule has 0 spiro atoms. The van der Waals surface area contributed by atoms with Crippen molar-refractivity contribution >= 4 is 34.3 Å². The molecule has 1 heterocycles. The number of benzene rings is 2. The van der Waals surface area contributed by atoms with E-state index in [1.54, 1.807) is 30.3 Å². The number of alkyl halides is 3. The van der Waals surface area contributed by atoms with Gasteiger partial charge in [-0.3, -0.25) is 4.99 Å². The third-order valence-corrected chi connectivity index (χ3v) is 4.72. The molecule has 2 amide bonds. The Morgan fingerprint density at radius 2 is 1.92 bits per heavy atom. The number of carbonyl (C=O) groups is 1. The van der Waals surface area contributed by atoms with E-state index in [4.69, 9.17) is 0 Å². The van der Waals surface area contributed by atoms with Crippen LogP contribution >= 0.6 is 11.8 Å². The normalized spacial score (nSPS) is 16.9. The van der Waals surface area contributed by atoms with Crippen molar-refractivity contribution in [3.8, 4) is 0 Å². The van der Waals surface area contributed by atoms with Crippen LogP contribution in [0.5, 0.6) is 0 Å². The highest BCUT2D eigenvalue weighted by Crippen LogP contribution is 2.34. The van der Waals surface area contributed by atoms with Gasteiger partial charge in [-0.1, -0.05) is 43.0 Å². The van der Waals surface area contributed by atoms with Gasteiger partial charge >= 0.3 is 12.2 Å². The predicted octanol–water partition coefficient (Wildman–Crippen LogP) is 5.24. The zero-order valence-electron chi connectivity index (χ0n) is 13.8. The van der Waals surface area contributed by atoms with Crippen LogP contribution in [0.15, 0.2) is 59.6 Å². The summed E-state index contributed by atoms with van der Waals surface area (Å²) in [7, 11) is 0. The van der Waals surface area contributed by atoms with Crippen LogP contribution in [0, 0.1) is 0 Å². The SMILES string of the molecule is C[C@H]1CN=C(N(C(=O)Nc2ccccc2)c2cccc(C(F)(F)F)c2)S1. The molecule has 0 saturated heterocycles. The first-order valence-corrected chi connectivity index (χ1v) is 8.77. The van der Waals surface area contributed by atoms with Gasteiger partial charge in [0.1, 0.15) is 0 Å². The maximum absolute atomic E-state index is 13.1. The molecule has 136 valence electrons. The number of nitrogens with zero attached hydrogens (tertiary/aromatic N) is 2. The van der Waals surface area contributed by atoms with Gasteiger partial charge in [0.2, 0.25) is 0 Å². The summed E-state index contributed by atoms with van der Waals surface area (Å²) in [6, 6.07) is 12.8. The van der Waals surface area contributed by atoms with Crippen LogP contribution in [0.4, 0.5) is 29.3 Å². The second-order valence-corrected chi connectivity index (χ2v) is 7.14. The van der Waals surface area contributed by atoms with E-state index in [0.717, 1.165) is 12.1 Å². The molecule has 0 fully saturated rings. The summed E-state index contributed by atoms with van der Waals surface area (Å²) in [6.07, 6.45) is -4.49. The average Bonchev–Trinajstić information content (AvgIpc) is 3.01. The van der Waals surface area contributed by atoms with Crippen molar-refractivity contribution in [2.24, 2.45) is 4.99 Å². The van der Waals surface area contributed by atoms with Crippen molar-refractivity contribution in [2.45, 2.75) is 18.3 Å². The third-order valence-electron chi connectivity index (χ3n) is 3.64. The number of rotatable bonds is 2. The minimum absolute atomic E-state index is 0.119. The summed E-state index contributed by atoms with van der Waals surface area (Å²) >= 11 is 1.35. The van der Waals surface area contributed by atoms with Crippen LogP contribution < -0.4 is 10.2 Å². The molecule has 1 atom stereocenters. The van der Waals surface area contributed by atoms with Gasteiger partial charge in [-0.05, 0) is 30.3 Å². The Bertz CT molecular complexity index is 824. The molecule has 26 heavy (non-hydrogen) atoms. The fourth-order valence-electron chi connectivity index (χ4n) is 2.42. The van der Waals surface area contributed by atoms with Crippen LogP contribution in [-0.4, -0.2) is 23.0 Å². The number of carbonyl (C=O) groups excluding carboxylic acids is 1. The van der Waals surface area contributed by atoms with Crippen LogP contribution in [0.1, 0.15) is 12.5 Å². The number of hydrogen-bond acceptors (Lipinski definition) is 3. The second kappa shape index (κ2) is 7.41. The highest BCUT2D eigenvalue weighted by Gasteiger charge is 2.33. The predicted molar refractivity (Wildman–Crippen MR) is 98.7 cm³/mol. The Kier molecular flexibility index (Phi) is 5.22. The average molecular weight is 379 g/mol. The van der Waals surface area contributed by atoms with E-state index in [1.807, 2.05) is 6.92 Å². The molecular weight excluding hydrogens is 363 g/mol. The summed E-state index contributed by atoms with van der Waals surface area (Å²) in [4.78, 5) is 18.3. The highest BCUT2D eigenvalue weighted by molar-refractivity contribution is 8.15. The molecule has 1 aliphatic rings. The molecule has 0 bridgehead atoms. The van der Waals surface area contributed by atoms with Crippen LogP contribution in [0.25, 0.3) is 0 Å². The second-order valence-electron chi connectivity index (χ2n) is 5.73. The summed E-state index contributed by atoms with van der Waals surface area (Å²) in [5, 5.41) is 3.24. The number of anilines is 2. The molecule has 0 radical (unpaired) electrons. The Labute approximate surface area is 153 Å². The van der Waals surface area contributed by atoms with Gasteiger partial charge in [-0.2, -0.15) is 13.2 Å². The number of amides is 2. The lowest BCUT2D eigenvalue weighted by molar-refractivity contribution is -0.137. The quantitative estimate of drug-likeness (QED) is 0.776. The van der Waals surface area contributed by atoms with Crippen molar-refractivity contribution in [3.05, 3.63) is 60.2 Å². The minimum Gasteiger partial charge on any atom is -0.307 e. The van der Waals surface area contributed by atoms with E-state index in [-0.39, 0.29) is 10.9 Å². The monoisotopic (exact) mass is 379 g/mol. The molecule has 4 nitrogen and oxygen atoms in total. The largest absolute Gasteiger partial charge is 0.416 e. The number of hydrogen-bond donors (Lipinski definition) is 1. The smallest absolute Gasteiger partial charge is 0.307 e. The maximum Gasteiger partial charge on any atom is 0.416 e. The van der Waals surface area contributed by atoms with Gasteiger partial charge in [0.15, 0.2) is 5.17 Å². The fraction of sp³-hybridized carbons (Fsp3) is 0.222. The molecule has 1 aliphatic heterocycles. The number of nitrogens with one attached hydrogen (secondary N) is 1. The molecule has 0 saturated carbocycles. The number of amidine groups is 1. The molecule has 3 rings (SSSR count). The number of aliphatic imine (C=N–C) groups is 1. The van der Waals surface area contributed by atoms with Crippen LogP contribution in [0.3, 0.4) is 0 Å². The highest BCUT2D eigenvalue weighted by atomic mass is 32.2.